The van der Waals surface area contributed by atoms with E-state index in [1.807, 2.05) is 26.1 Å². The first-order valence-electron chi connectivity index (χ1n) is 4.75. The highest BCUT2D eigenvalue weighted by atomic mass is 16.5. The van der Waals surface area contributed by atoms with Crippen molar-refractivity contribution in [1.29, 1.82) is 0 Å². The van der Waals surface area contributed by atoms with Gasteiger partial charge in [-0.05, 0) is 38.3 Å². The van der Waals surface area contributed by atoms with Gasteiger partial charge < -0.3 is 4.74 Å². The molecule has 0 spiro atoms. The first kappa shape index (κ1) is 10.0. The molecule has 0 radical (unpaired) electrons. The van der Waals surface area contributed by atoms with Gasteiger partial charge in [0, 0.05) is 12.3 Å². The molecule has 0 saturated heterocycles. The van der Waals surface area contributed by atoms with Gasteiger partial charge >= 0.3 is 0 Å². The van der Waals surface area contributed by atoms with Crippen LogP contribution in [0.2, 0.25) is 0 Å². The fourth-order valence-electron chi connectivity index (χ4n) is 1.23. The van der Waals surface area contributed by atoms with E-state index in [9.17, 15) is 0 Å². The number of nitrogens with zero attached hydrogens (tertiary/aromatic N) is 1. The smallest absolute Gasteiger partial charge is 0.213 e. The molecule has 0 aliphatic rings. The first-order valence-corrected chi connectivity index (χ1v) is 4.75. The molecular weight excluding hydrogens is 162 g/mol. The third kappa shape index (κ3) is 2.72. The minimum Gasteiger partial charge on any atom is -0.475 e. The normalized spacial score (nSPS) is 10.5. The zero-order chi connectivity index (χ0) is 9.84. The Balaban J connectivity index is 2.83. The lowest BCUT2D eigenvalue weighted by Crippen LogP contribution is -2.07. The van der Waals surface area contributed by atoms with E-state index in [4.69, 9.17) is 4.74 Å². The van der Waals surface area contributed by atoms with Crippen molar-refractivity contribution >= 4 is 0 Å². The predicted molar refractivity (Wildman–Crippen MR) is 54.1 cm³/mol. The maximum absolute atomic E-state index is 5.48. The van der Waals surface area contributed by atoms with Gasteiger partial charge in [-0.1, -0.05) is 6.92 Å². The zero-order valence-corrected chi connectivity index (χ0v) is 8.79. The molecule has 1 rings (SSSR count). The minimum atomic E-state index is 0.194. The maximum atomic E-state index is 5.48. The molecule has 0 aliphatic carbocycles. The van der Waals surface area contributed by atoms with Gasteiger partial charge in [-0.2, -0.15) is 0 Å². The zero-order valence-electron chi connectivity index (χ0n) is 8.79. The molecule has 1 aromatic heterocycles. The molecule has 0 aromatic carbocycles. The summed E-state index contributed by atoms with van der Waals surface area (Å²) in [6, 6.07) is 2.00. The second kappa shape index (κ2) is 4.26. The van der Waals surface area contributed by atoms with Gasteiger partial charge in [0.15, 0.2) is 0 Å². The Morgan fingerprint density at radius 3 is 2.62 bits per heavy atom. The molecule has 0 amide bonds. The Morgan fingerprint density at radius 2 is 2.15 bits per heavy atom. The van der Waals surface area contributed by atoms with Crippen LogP contribution in [0, 0.1) is 6.92 Å². The van der Waals surface area contributed by atoms with E-state index in [0.717, 1.165) is 12.3 Å². The number of hydrogen-bond acceptors (Lipinski definition) is 2. The van der Waals surface area contributed by atoms with Crippen LogP contribution < -0.4 is 4.74 Å². The van der Waals surface area contributed by atoms with Crippen LogP contribution >= 0.6 is 0 Å². The molecule has 0 fully saturated rings. The fraction of sp³-hybridized carbons (Fsp3) is 0.545. The van der Waals surface area contributed by atoms with Gasteiger partial charge in [0.25, 0.3) is 0 Å². The van der Waals surface area contributed by atoms with Crippen LogP contribution in [0.25, 0.3) is 0 Å². The fourth-order valence-corrected chi connectivity index (χ4v) is 1.23. The molecule has 2 heteroatoms. The van der Waals surface area contributed by atoms with Crippen LogP contribution in [0.1, 0.15) is 31.9 Å². The quantitative estimate of drug-likeness (QED) is 0.711. The van der Waals surface area contributed by atoms with Gasteiger partial charge in [-0.3, -0.25) is 0 Å². The highest BCUT2D eigenvalue weighted by Gasteiger charge is 2.01. The number of pyridine rings is 1. The van der Waals surface area contributed by atoms with E-state index in [1.165, 1.54) is 11.1 Å². The number of rotatable bonds is 3. The third-order valence-corrected chi connectivity index (χ3v) is 1.93. The molecule has 72 valence electrons. The molecule has 1 heterocycles. The highest BCUT2D eigenvalue weighted by molar-refractivity contribution is 5.27. The first-order chi connectivity index (χ1) is 6.13. The number of aromatic nitrogens is 1. The average Bonchev–Trinajstić information content (AvgIpc) is 2.03. The van der Waals surface area contributed by atoms with E-state index >= 15 is 0 Å². The summed E-state index contributed by atoms with van der Waals surface area (Å²) in [4.78, 5) is 4.23. The van der Waals surface area contributed by atoms with Gasteiger partial charge in [-0.25, -0.2) is 4.98 Å². The van der Waals surface area contributed by atoms with Crippen molar-refractivity contribution < 1.29 is 4.74 Å². The van der Waals surface area contributed by atoms with E-state index in [0.29, 0.717) is 0 Å². The van der Waals surface area contributed by atoms with E-state index in [1.54, 1.807) is 0 Å². The lowest BCUT2D eigenvalue weighted by Gasteiger charge is -2.10. The summed E-state index contributed by atoms with van der Waals surface area (Å²) in [5.41, 5.74) is 2.55. The maximum Gasteiger partial charge on any atom is 0.213 e. The monoisotopic (exact) mass is 179 g/mol. The lowest BCUT2D eigenvalue weighted by molar-refractivity contribution is 0.232. The summed E-state index contributed by atoms with van der Waals surface area (Å²) in [7, 11) is 0. The van der Waals surface area contributed by atoms with Crippen molar-refractivity contribution in [1.82, 2.24) is 4.98 Å². The van der Waals surface area contributed by atoms with Crippen molar-refractivity contribution in [2.24, 2.45) is 0 Å². The van der Waals surface area contributed by atoms with Crippen molar-refractivity contribution in [3.8, 4) is 5.88 Å². The van der Waals surface area contributed by atoms with Crippen molar-refractivity contribution in [3.05, 3.63) is 23.4 Å². The predicted octanol–water partition coefficient (Wildman–Crippen LogP) is 2.74. The Labute approximate surface area is 80.0 Å². The Bertz CT molecular complexity index is 281. The topological polar surface area (TPSA) is 22.1 Å². The molecule has 0 saturated carbocycles. The average molecular weight is 179 g/mol. The minimum absolute atomic E-state index is 0.194. The van der Waals surface area contributed by atoms with Crippen LogP contribution in [-0.2, 0) is 6.42 Å². The van der Waals surface area contributed by atoms with Crippen LogP contribution in [-0.4, -0.2) is 11.1 Å². The molecule has 0 atom stereocenters. The van der Waals surface area contributed by atoms with Crippen LogP contribution in [0.5, 0.6) is 5.88 Å². The molecular formula is C11H17NO. The van der Waals surface area contributed by atoms with Gasteiger partial charge in [-0.15, -0.1) is 0 Å². The molecule has 0 N–H and O–H groups in total. The van der Waals surface area contributed by atoms with Gasteiger partial charge in [0.05, 0.1) is 6.10 Å². The summed E-state index contributed by atoms with van der Waals surface area (Å²) >= 11 is 0. The van der Waals surface area contributed by atoms with Crippen LogP contribution in [0.4, 0.5) is 0 Å². The Hall–Kier alpha value is -1.05. The number of ether oxygens (including phenoxy) is 1. The summed E-state index contributed by atoms with van der Waals surface area (Å²) in [6.45, 7) is 8.23. The second-order valence-electron chi connectivity index (χ2n) is 3.47. The SMILES string of the molecule is CCc1cnc(OC(C)C)cc1C. The van der Waals surface area contributed by atoms with Crippen LogP contribution in [0.15, 0.2) is 12.3 Å². The summed E-state index contributed by atoms with van der Waals surface area (Å²) in [5, 5.41) is 0. The number of aryl methyl sites for hydroxylation is 2. The van der Waals surface area contributed by atoms with E-state index in [-0.39, 0.29) is 6.10 Å². The van der Waals surface area contributed by atoms with Crippen molar-refractivity contribution in [2.75, 3.05) is 0 Å². The molecule has 0 unspecified atom stereocenters. The lowest BCUT2D eigenvalue weighted by atomic mass is 10.1. The summed E-state index contributed by atoms with van der Waals surface area (Å²) in [6.07, 6.45) is 3.12. The molecule has 1 aromatic rings. The standard InChI is InChI=1S/C11H17NO/c1-5-10-7-12-11(6-9(10)4)13-8(2)3/h6-8H,5H2,1-4H3. The van der Waals surface area contributed by atoms with E-state index in [2.05, 4.69) is 18.8 Å². The Morgan fingerprint density at radius 1 is 1.46 bits per heavy atom. The van der Waals surface area contributed by atoms with Crippen molar-refractivity contribution in [2.45, 2.75) is 40.2 Å². The Kier molecular flexibility index (Phi) is 3.29. The van der Waals surface area contributed by atoms with Crippen LogP contribution in [0.3, 0.4) is 0 Å². The molecule has 2 nitrogen and oxygen atoms in total. The summed E-state index contributed by atoms with van der Waals surface area (Å²) < 4.78 is 5.48. The van der Waals surface area contributed by atoms with Gasteiger partial charge in [0.1, 0.15) is 0 Å². The van der Waals surface area contributed by atoms with Crippen molar-refractivity contribution in [3.63, 3.8) is 0 Å². The van der Waals surface area contributed by atoms with E-state index < -0.39 is 0 Å². The second-order valence-corrected chi connectivity index (χ2v) is 3.47. The molecule has 0 aliphatic heterocycles. The largest absolute Gasteiger partial charge is 0.475 e. The number of hydrogen-bond donors (Lipinski definition) is 0. The molecule has 13 heavy (non-hydrogen) atoms. The third-order valence-electron chi connectivity index (χ3n) is 1.93. The highest BCUT2D eigenvalue weighted by Crippen LogP contribution is 2.14. The molecule has 0 bridgehead atoms. The van der Waals surface area contributed by atoms with Gasteiger partial charge in [0.2, 0.25) is 5.88 Å². The summed E-state index contributed by atoms with van der Waals surface area (Å²) in [5.74, 6) is 0.727.